The minimum atomic E-state index is 0.383. The molecule has 100 valence electrons. The first-order valence-electron chi connectivity index (χ1n) is 5.97. The minimum absolute atomic E-state index is 0.383. The van der Waals surface area contributed by atoms with Crippen LogP contribution in [0.4, 0.5) is 0 Å². The van der Waals surface area contributed by atoms with E-state index in [4.69, 9.17) is 34.3 Å². The highest BCUT2D eigenvalue weighted by Crippen LogP contribution is 2.33. The number of benzene rings is 1. The predicted molar refractivity (Wildman–Crippen MR) is 81.7 cm³/mol. The number of aryl methyl sites for hydroxylation is 1. The summed E-state index contributed by atoms with van der Waals surface area (Å²) in [5.41, 5.74) is 8.86. The first-order valence-corrected chi connectivity index (χ1v) is 6.76. The summed E-state index contributed by atoms with van der Waals surface area (Å²) in [5, 5.41) is 0.813. The largest absolute Gasteiger partial charge is 0.496 e. The fourth-order valence-corrected chi connectivity index (χ4v) is 2.61. The highest BCUT2D eigenvalue weighted by atomic mass is 35.5. The third kappa shape index (κ3) is 3.59. The lowest BCUT2D eigenvalue weighted by molar-refractivity contribution is 0.405. The van der Waals surface area contributed by atoms with E-state index in [-0.39, 0.29) is 0 Å². The SMILES string of the molecule is COc1cc(C)c(Cl)c(C)c1CC(C)CC(N)=S. The van der Waals surface area contributed by atoms with E-state index in [1.54, 1.807) is 7.11 Å². The van der Waals surface area contributed by atoms with Crippen LogP contribution in [0.5, 0.6) is 5.75 Å². The van der Waals surface area contributed by atoms with E-state index in [0.29, 0.717) is 10.9 Å². The van der Waals surface area contributed by atoms with Crippen molar-refractivity contribution >= 4 is 28.8 Å². The molecular formula is C14H20ClNOS. The van der Waals surface area contributed by atoms with Gasteiger partial charge in [-0.2, -0.15) is 0 Å². The zero-order chi connectivity index (χ0) is 13.9. The lowest BCUT2D eigenvalue weighted by Gasteiger charge is -2.18. The van der Waals surface area contributed by atoms with Gasteiger partial charge in [0.1, 0.15) is 5.75 Å². The molecule has 0 amide bonds. The molecule has 0 aliphatic rings. The van der Waals surface area contributed by atoms with Crippen LogP contribution >= 0.6 is 23.8 Å². The van der Waals surface area contributed by atoms with Gasteiger partial charge in [-0.3, -0.25) is 0 Å². The van der Waals surface area contributed by atoms with Crippen molar-refractivity contribution in [1.82, 2.24) is 0 Å². The molecule has 0 aromatic heterocycles. The fourth-order valence-electron chi connectivity index (χ4n) is 2.16. The van der Waals surface area contributed by atoms with Gasteiger partial charge >= 0.3 is 0 Å². The highest BCUT2D eigenvalue weighted by molar-refractivity contribution is 7.80. The van der Waals surface area contributed by atoms with Crippen LogP contribution in [-0.2, 0) is 6.42 Å². The molecule has 0 saturated carbocycles. The molecule has 0 fully saturated rings. The Kier molecular flexibility index (Phi) is 5.42. The van der Waals surface area contributed by atoms with E-state index in [0.717, 1.165) is 40.3 Å². The normalized spacial score (nSPS) is 12.3. The quantitative estimate of drug-likeness (QED) is 0.836. The van der Waals surface area contributed by atoms with E-state index in [1.807, 2.05) is 19.9 Å². The van der Waals surface area contributed by atoms with Gasteiger partial charge in [-0.25, -0.2) is 0 Å². The van der Waals surface area contributed by atoms with Crippen LogP contribution in [0.2, 0.25) is 5.02 Å². The molecule has 0 aliphatic heterocycles. The summed E-state index contributed by atoms with van der Waals surface area (Å²) in [5.74, 6) is 1.28. The maximum atomic E-state index is 6.29. The van der Waals surface area contributed by atoms with Crippen molar-refractivity contribution in [3.05, 3.63) is 27.8 Å². The number of nitrogens with two attached hydrogens (primary N) is 1. The molecular weight excluding hydrogens is 266 g/mol. The second-order valence-corrected chi connectivity index (χ2v) is 5.70. The van der Waals surface area contributed by atoms with Crippen LogP contribution < -0.4 is 10.5 Å². The van der Waals surface area contributed by atoms with Crippen molar-refractivity contribution in [3.8, 4) is 5.75 Å². The lowest BCUT2D eigenvalue weighted by Crippen LogP contribution is -2.14. The van der Waals surface area contributed by atoms with Gasteiger partial charge in [-0.15, -0.1) is 0 Å². The number of halogens is 1. The molecule has 0 radical (unpaired) electrons. The lowest BCUT2D eigenvalue weighted by atomic mass is 9.93. The van der Waals surface area contributed by atoms with Gasteiger partial charge in [0.2, 0.25) is 0 Å². The molecule has 0 aliphatic carbocycles. The predicted octanol–water partition coefficient (Wildman–Crippen LogP) is 3.82. The van der Waals surface area contributed by atoms with Crippen molar-refractivity contribution in [2.75, 3.05) is 7.11 Å². The van der Waals surface area contributed by atoms with E-state index in [2.05, 4.69) is 6.92 Å². The number of hydrogen-bond acceptors (Lipinski definition) is 2. The monoisotopic (exact) mass is 285 g/mol. The van der Waals surface area contributed by atoms with E-state index < -0.39 is 0 Å². The second-order valence-electron chi connectivity index (χ2n) is 4.79. The topological polar surface area (TPSA) is 35.2 Å². The molecule has 1 aromatic carbocycles. The second kappa shape index (κ2) is 6.39. The summed E-state index contributed by atoms with van der Waals surface area (Å²) in [4.78, 5) is 0.553. The molecule has 2 N–H and O–H groups in total. The van der Waals surface area contributed by atoms with E-state index in [1.165, 1.54) is 0 Å². The summed E-state index contributed by atoms with van der Waals surface area (Å²) in [6.45, 7) is 6.15. The summed E-state index contributed by atoms with van der Waals surface area (Å²) in [6.07, 6.45) is 1.61. The molecule has 4 heteroatoms. The number of hydrogen-bond donors (Lipinski definition) is 1. The van der Waals surface area contributed by atoms with Crippen LogP contribution in [0.15, 0.2) is 6.07 Å². The molecule has 18 heavy (non-hydrogen) atoms. The molecule has 1 atom stereocenters. The van der Waals surface area contributed by atoms with Gasteiger partial charge in [-0.05, 0) is 48.9 Å². The molecule has 1 rings (SSSR count). The van der Waals surface area contributed by atoms with E-state index >= 15 is 0 Å². The minimum Gasteiger partial charge on any atom is -0.496 e. The third-order valence-electron chi connectivity index (χ3n) is 3.10. The maximum Gasteiger partial charge on any atom is 0.122 e. The number of thiocarbonyl (C=S) groups is 1. The van der Waals surface area contributed by atoms with Crippen molar-refractivity contribution in [1.29, 1.82) is 0 Å². The molecule has 0 spiro atoms. The van der Waals surface area contributed by atoms with Gasteiger partial charge in [0.15, 0.2) is 0 Å². The Morgan fingerprint density at radius 1 is 1.50 bits per heavy atom. The molecule has 0 saturated heterocycles. The third-order valence-corrected chi connectivity index (χ3v) is 3.84. The average Bonchev–Trinajstić information content (AvgIpc) is 2.28. The Labute approximate surface area is 119 Å². The van der Waals surface area contributed by atoms with Gasteiger partial charge in [0, 0.05) is 11.4 Å². The Hall–Kier alpha value is -0.800. The summed E-state index contributed by atoms with van der Waals surface area (Å²) >= 11 is 11.2. The molecule has 1 unspecified atom stereocenters. The van der Waals surface area contributed by atoms with Crippen LogP contribution in [0.25, 0.3) is 0 Å². The Morgan fingerprint density at radius 3 is 2.61 bits per heavy atom. The molecule has 2 nitrogen and oxygen atoms in total. The molecule has 0 bridgehead atoms. The zero-order valence-electron chi connectivity index (χ0n) is 11.3. The van der Waals surface area contributed by atoms with Crippen molar-refractivity contribution in [3.63, 3.8) is 0 Å². The van der Waals surface area contributed by atoms with Crippen LogP contribution in [0, 0.1) is 19.8 Å². The van der Waals surface area contributed by atoms with Crippen molar-refractivity contribution in [2.24, 2.45) is 11.7 Å². The first-order chi connectivity index (χ1) is 8.36. The maximum absolute atomic E-state index is 6.29. The standard InChI is InChI=1S/C14H20ClNOS/c1-8(6-13(16)18)5-11-10(3)14(15)9(2)7-12(11)17-4/h7-8H,5-6H2,1-4H3,(H2,16,18). The zero-order valence-corrected chi connectivity index (χ0v) is 12.9. The Bertz CT molecular complexity index is 460. The average molecular weight is 286 g/mol. The van der Waals surface area contributed by atoms with Crippen molar-refractivity contribution < 1.29 is 4.74 Å². The number of rotatable bonds is 5. The Morgan fingerprint density at radius 2 is 2.11 bits per heavy atom. The fraction of sp³-hybridized carbons (Fsp3) is 0.500. The van der Waals surface area contributed by atoms with Crippen molar-refractivity contribution in [2.45, 2.75) is 33.6 Å². The van der Waals surface area contributed by atoms with Crippen LogP contribution in [0.3, 0.4) is 0 Å². The highest BCUT2D eigenvalue weighted by Gasteiger charge is 2.15. The van der Waals surface area contributed by atoms with Gasteiger partial charge in [-0.1, -0.05) is 30.7 Å². The smallest absolute Gasteiger partial charge is 0.122 e. The van der Waals surface area contributed by atoms with Crippen LogP contribution in [0.1, 0.15) is 30.0 Å². The van der Waals surface area contributed by atoms with Gasteiger partial charge in [0.25, 0.3) is 0 Å². The summed E-state index contributed by atoms with van der Waals surface area (Å²) in [6, 6.07) is 1.98. The van der Waals surface area contributed by atoms with Gasteiger partial charge < -0.3 is 10.5 Å². The van der Waals surface area contributed by atoms with Crippen LogP contribution in [-0.4, -0.2) is 12.1 Å². The Balaban J connectivity index is 3.07. The molecule has 0 heterocycles. The summed E-state index contributed by atoms with van der Waals surface area (Å²) in [7, 11) is 1.68. The summed E-state index contributed by atoms with van der Waals surface area (Å²) < 4.78 is 5.45. The first kappa shape index (κ1) is 15.3. The number of ether oxygens (including phenoxy) is 1. The number of methoxy groups -OCH3 is 1. The van der Waals surface area contributed by atoms with Gasteiger partial charge in [0.05, 0.1) is 12.1 Å². The van der Waals surface area contributed by atoms with E-state index in [9.17, 15) is 0 Å². The molecule has 1 aromatic rings.